The number of hydrogen-bond acceptors (Lipinski definition) is 2. The first kappa shape index (κ1) is 9.17. The van der Waals surface area contributed by atoms with E-state index in [1.54, 1.807) is 0 Å². The van der Waals surface area contributed by atoms with Crippen molar-refractivity contribution in [3.8, 4) is 0 Å². The van der Waals surface area contributed by atoms with Crippen LogP contribution in [-0.4, -0.2) is 29.1 Å². The molecule has 80 valence electrons. The molecule has 2 heteroatoms. The highest BCUT2D eigenvalue weighted by Crippen LogP contribution is 2.64. The van der Waals surface area contributed by atoms with E-state index in [1.807, 2.05) is 0 Å². The topological polar surface area (TPSA) is 29.3 Å². The van der Waals surface area contributed by atoms with Crippen LogP contribution >= 0.6 is 0 Å². The second kappa shape index (κ2) is 2.73. The molecular weight excluding hydrogens is 172 g/mol. The number of piperidine rings is 1. The predicted octanol–water partition coefficient (Wildman–Crippen LogP) is 1.74. The molecule has 2 saturated carbocycles. The van der Waals surface area contributed by atoms with Gasteiger partial charge in [0.25, 0.3) is 0 Å². The zero-order valence-electron chi connectivity index (χ0n) is 9.37. The second-order valence-corrected chi connectivity index (χ2v) is 5.88. The summed E-state index contributed by atoms with van der Waals surface area (Å²) in [5.74, 6) is 0. The van der Waals surface area contributed by atoms with Gasteiger partial charge in [-0.1, -0.05) is 0 Å². The number of hydrogen-bond donors (Lipinski definition) is 1. The van der Waals surface area contributed by atoms with Gasteiger partial charge in [0.2, 0.25) is 0 Å². The van der Waals surface area contributed by atoms with Gasteiger partial charge < -0.3 is 5.73 Å². The molecule has 0 aromatic rings. The molecule has 1 spiro atoms. The molecule has 2 nitrogen and oxygen atoms in total. The Morgan fingerprint density at radius 3 is 2.50 bits per heavy atom. The molecule has 3 rings (SSSR count). The summed E-state index contributed by atoms with van der Waals surface area (Å²) in [6.07, 6.45) is 6.88. The van der Waals surface area contributed by atoms with Gasteiger partial charge in [-0.25, -0.2) is 0 Å². The Balaban J connectivity index is 1.81. The van der Waals surface area contributed by atoms with Crippen LogP contribution < -0.4 is 5.73 Å². The van der Waals surface area contributed by atoms with Crippen LogP contribution in [-0.2, 0) is 0 Å². The van der Waals surface area contributed by atoms with Gasteiger partial charge in [-0.05, 0) is 46.0 Å². The molecular formula is C12H22N2. The van der Waals surface area contributed by atoms with E-state index in [4.69, 9.17) is 5.73 Å². The minimum Gasteiger partial charge on any atom is -0.328 e. The van der Waals surface area contributed by atoms with Crippen molar-refractivity contribution in [2.24, 2.45) is 11.1 Å². The summed E-state index contributed by atoms with van der Waals surface area (Å²) in [6.45, 7) is 4.67. The first-order valence-corrected chi connectivity index (χ1v) is 6.18. The van der Waals surface area contributed by atoms with E-state index in [0.29, 0.717) is 6.04 Å². The smallest absolute Gasteiger partial charge is 0.0187 e. The van der Waals surface area contributed by atoms with Gasteiger partial charge in [0.05, 0.1) is 0 Å². The molecule has 2 N–H and O–H groups in total. The summed E-state index contributed by atoms with van der Waals surface area (Å²) >= 11 is 0. The lowest BCUT2D eigenvalue weighted by molar-refractivity contribution is -0.237. The molecule has 4 unspecified atom stereocenters. The Hall–Kier alpha value is -0.0800. The molecule has 0 radical (unpaired) electrons. The van der Waals surface area contributed by atoms with E-state index in [1.165, 1.54) is 32.1 Å². The summed E-state index contributed by atoms with van der Waals surface area (Å²) in [6, 6.07) is 2.97. The Bertz CT molecular complexity index is 251. The average Bonchev–Trinajstić information content (AvgIpc) is 2.11. The van der Waals surface area contributed by atoms with Crippen LogP contribution in [0.5, 0.6) is 0 Å². The third kappa shape index (κ3) is 0.892. The molecule has 3 aliphatic rings. The highest BCUT2D eigenvalue weighted by molar-refractivity contribution is 5.20. The van der Waals surface area contributed by atoms with E-state index in [-0.39, 0.29) is 0 Å². The summed E-state index contributed by atoms with van der Waals surface area (Å²) in [5.41, 5.74) is 6.82. The molecule has 1 aliphatic heterocycles. The van der Waals surface area contributed by atoms with Crippen molar-refractivity contribution in [1.29, 1.82) is 0 Å². The fourth-order valence-electron chi connectivity index (χ4n) is 4.30. The van der Waals surface area contributed by atoms with Gasteiger partial charge in [-0.2, -0.15) is 0 Å². The molecule has 4 atom stereocenters. The summed E-state index contributed by atoms with van der Waals surface area (Å²) in [4.78, 5) is 2.74. The number of nitrogens with two attached hydrogens (primary N) is 1. The normalized spacial score (nSPS) is 51.9. The zero-order valence-corrected chi connectivity index (χ0v) is 9.37. The number of likely N-dealkylation sites (tertiary alicyclic amines) is 1. The van der Waals surface area contributed by atoms with Gasteiger partial charge in [-0.15, -0.1) is 0 Å². The summed E-state index contributed by atoms with van der Waals surface area (Å²) in [7, 11) is 0. The largest absolute Gasteiger partial charge is 0.328 e. The van der Waals surface area contributed by atoms with Crippen molar-refractivity contribution in [1.82, 2.24) is 4.90 Å². The molecule has 3 fully saturated rings. The predicted molar refractivity (Wildman–Crippen MR) is 58.0 cm³/mol. The summed E-state index contributed by atoms with van der Waals surface area (Å²) in [5, 5.41) is 0. The van der Waals surface area contributed by atoms with Crippen LogP contribution in [0.25, 0.3) is 0 Å². The highest BCUT2D eigenvalue weighted by atomic mass is 15.3. The molecule has 2 aliphatic carbocycles. The van der Waals surface area contributed by atoms with Crippen molar-refractivity contribution in [2.75, 3.05) is 0 Å². The van der Waals surface area contributed by atoms with Crippen LogP contribution in [0.1, 0.15) is 46.0 Å². The van der Waals surface area contributed by atoms with Gasteiger partial charge in [0.1, 0.15) is 0 Å². The third-order valence-electron chi connectivity index (χ3n) is 5.03. The molecule has 0 bridgehead atoms. The first-order valence-electron chi connectivity index (χ1n) is 6.18. The van der Waals surface area contributed by atoms with E-state index >= 15 is 0 Å². The highest BCUT2D eigenvalue weighted by Gasteiger charge is 2.66. The lowest BCUT2D eigenvalue weighted by atomic mass is 9.47. The van der Waals surface area contributed by atoms with Gasteiger partial charge in [0, 0.05) is 29.6 Å². The van der Waals surface area contributed by atoms with Crippen LogP contribution in [0, 0.1) is 5.41 Å². The maximum Gasteiger partial charge on any atom is 0.0187 e. The fourth-order valence-corrected chi connectivity index (χ4v) is 4.30. The maximum atomic E-state index is 6.09. The average molecular weight is 194 g/mol. The standard InChI is InChI=1S/C12H22N2/c1-8(2)14-10-4-6-12(10)5-3-9(13)7-11(12)14/h8-11H,3-7,13H2,1-2H3. The van der Waals surface area contributed by atoms with Crippen LogP contribution in [0.15, 0.2) is 0 Å². The van der Waals surface area contributed by atoms with Gasteiger partial charge in [0.15, 0.2) is 0 Å². The van der Waals surface area contributed by atoms with Crippen LogP contribution in [0.2, 0.25) is 0 Å². The minimum absolute atomic E-state index is 0.480. The lowest BCUT2D eigenvalue weighted by Gasteiger charge is -2.74. The summed E-state index contributed by atoms with van der Waals surface area (Å²) < 4.78 is 0. The molecule has 1 saturated heterocycles. The van der Waals surface area contributed by atoms with Gasteiger partial charge in [-0.3, -0.25) is 4.90 Å². The van der Waals surface area contributed by atoms with E-state index in [0.717, 1.165) is 23.5 Å². The quantitative estimate of drug-likeness (QED) is 0.689. The number of rotatable bonds is 1. The van der Waals surface area contributed by atoms with Crippen LogP contribution in [0.4, 0.5) is 0 Å². The van der Waals surface area contributed by atoms with E-state index < -0.39 is 0 Å². The van der Waals surface area contributed by atoms with E-state index in [2.05, 4.69) is 18.7 Å². The van der Waals surface area contributed by atoms with Crippen molar-refractivity contribution >= 4 is 0 Å². The Labute approximate surface area is 86.8 Å². The van der Waals surface area contributed by atoms with E-state index in [9.17, 15) is 0 Å². The van der Waals surface area contributed by atoms with Crippen molar-refractivity contribution < 1.29 is 0 Å². The van der Waals surface area contributed by atoms with Crippen LogP contribution in [0.3, 0.4) is 0 Å². The molecule has 0 aromatic heterocycles. The van der Waals surface area contributed by atoms with Crippen molar-refractivity contribution in [2.45, 2.75) is 70.1 Å². The fraction of sp³-hybridized carbons (Fsp3) is 1.00. The molecule has 14 heavy (non-hydrogen) atoms. The second-order valence-electron chi connectivity index (χ2n) is 5.88. The SMILES string of the molecule is CC(C)N1C2CCC23CCC(N)CC13. The van der Waals surface area contributed by atoms with Gasteiger partial charge >= 0.3 is 0 Å². The molecule has 0 amide bonds. The number of nitrogens with zero attached hydrogens (tertiary/aromatic N) is 1. The lowest BCUT2D eigenvalue weighted by Crippen LogP contribution is -2.80. The maximum absolute atomic E-state index is 6.09. The Morgan fingerprint density at radius 1 is 1.21 bits per heavy atom. The third-order valence-corrected chi connectivity index (χ3v) is 5.03. The Kier molecular flexibility index (Phi) is 1.79. The zero-order chi connectivity index (χ0) is 9.92. The first-order chi connectivity index (χ1) is 6.65. The van der Waals surface area contributed by atoms with Crippen molar-refractivity contribution in [3.63, 3.8) is 0 Å². The minimum atomic E-state index is 0.480. The molecule has 0 aromatic carbocycles. The van der Waals surface area contributed by atoms with Crippen molar-refractivity contribution in [3.05, 3.63) is 0 Å². The molecule has 1 heterocycles. The Morgan fingerprint density at radius 2 is 1.93 bits per heavy atom. The monoisotopic (exact) mass is 194 g/mol.